The van der Waals surface area contributed by atoms with Crippen LogP contribution in [0.4, 0.5) is 0 Å². The first kappa shape index (κ1) is 14.1. The van der Waals surface area contributed by atoms with Crippen LogP contribution in [-0.4, -0.2) is 30.6 Å². The van der Waals surface area contributed by atoms with Crippen molar-refractivity contribution in [1.29, 1.82) is 0 Å². The molecule has 1 atom stereocenters. The van der Waals surface area contributed by atoms with E-state index in [1.807, 2.05) is 0 Å². The summed E-state index contributed by atoms with van der Waals surface area (Å²) in [6.45, 7) is 6.15. The fraction of sp³-hybridized carbons (Fsp3) is 0.667. The van der Waals surface area contributed by atoms with Crippen LogP contribution < -0.4 is 5.32 Å². The maximum absolute atomic E-state index is 3.92. The number of hydrogen-bond acceptors (Lipinski definition) is 2. The fourth-order valence-corrected chi connectivity index (χ4v) is 3.72. The van der Waals surface area contributed by atoms with E-state index >= 15 is 0 Å². The molecular weight excluding hydrogens is 244 g/mol. The van der Waals surface area contributed by atoms with E-state index < -0.39 is 0 Å². The van der Waals surface area contributed by atoms with Gasteiger partial charge in [-0.15, -0.1) is 0 Å². The van der Waals surface area contributed by atoms with Gasteiger partial charge in [0.1, 0.15) is 0 Å². The Labute approximate surface area is 123 Å². The molecule has 1 aromatic carbocycles. The van der Waals surface area contributed by atoms with Crippen molar-refractivity contribution in [2.45, 2.75) is 57.5 Å². The van der Waals surface area contributed by atoms with Crippen LogP contribution in [0.1, 0.15) is 56.2 Å². The molecule has 0 aromatic heterocycles. The van der Waals surface area contributed by atoms with Gasteiger partial charge in [0.05, 0.1) is 0 Å². The zero-order valence-electron chi connectivity index (χ0n) is 12.8. The third-order valence-electron chi connectivity index (χ3n) is 4.99. The number of benzene rings is 1. The highest BCUT2D eigenvalue weighted by Crippen LogP contribution is 2.31. The van der Waals surface area contributed by atoms with Gasteiger partial charge < -0.3 is 10.2 Å². The van der Waals surface area contributed by atoms with Crippen molar-refractivity contribution in [3.05, 3.63) is 35.4 Å². The molecule has 2 aliphatic rings. The van der Waals surface area contributed by atoms with E-state index in [-0.39, 0.29) is 0 Å². The minimum absolute atomic E-state index is 0.610. The molecule has 3 rings (SSSR count). The predicted octanol–water partition coefficient (Wildman–Crippen LogP) is 3.53. The van der Waals surface area contributed by atoms with Crippen LogP contribution in [0.25, 0.3) is 0 Å². The van der Waals surface area contributed by atoms with Crippen LogP contribution in [0, 0.1) is 0 Å². The normalized spacial score (nSPS) is 23.9. The highest BCUT2D eigenvalue weighted by Gasteiger charge is 2.26. The Balaban J connectivity index is 1.49. The lowest BCUT2D eigenvalue weighted by atomic mass is 10.0. The van der Waals surface area contributed by atoms with Gasteiger partial charge in [0, 0.05) is 12.1 Å². The molecule has 1 heterocycles. The molecule has 0 radical (unpaired) electrons. The Kier molecular flexibility index (Phi) is 4.74. The molecule has 0 bridgehead atoms. The quantitative estimate of drug-likeness (QED) is 0.882. The zero-order valence-corrected chi connectivity index (χ0v) is 12.8. The Hall–Kier alpha value is -0.860. The molecule has 1 saturated heterocycles. The van der Waals surface area contributed by atoms with Gasteiger partial charge in [0.15, 0.2) is 0 Å². The van der Waals surface area contributed by atoms with E-state index in [9.17, 15) is 0 Å². The smallest absolute Gasteiger partial charge is 0.0328 e. The van der Waals surface area contributed by atoms with Crippen LogP contribution >= 0.6 is 0 Å². The molecule has 1 aliphatic carbocycles. The lowest BCUT2D eigenvalue weighted by Crippen LogP contribution is -2.43. The summed E-state index contributed by atoms with van der Waals surface area (Å²) in [6, 6.07) is 10.3. The first-order valence-corrected chi connectivity index (χ1v) is 8.43. The molecule has 1 N–H and O–H groups in total. The van der Waals surface area contributed by atoms with Crippen molar-refractivity contribution in [1.82, 2.24) is 10.2 Å². The minimum atomic E-state index is 0.610. The van der Waals surface area contributed by atoms with E-state index in [0.717, 1.165) is 6.04 Å². The first-order valence-electron chi connectivity index (χ1n) is 8.43. The summed E-state index contributed by atoms with van der Waals surface area (Å²) in [7, 11) is 0. The predicted molar refractivity (Wildman–Crippen MR) is 85.0 cm³/mol. The van der Waals surface area contributed by atoms with Crippen molar-refractivity contribution in [2.75, 3.05) is 19.6 Å². The second-order valence-electron chi connectivity index (χ2n) is 6.43. The van der Waals surface area contributed by atoms with Gasteiger partial charge in [0.2, 0.25) is 0 Å². The number of likely N-dealkylation sites (tertiary alicyclic amines) is 1. The molecule has 0 amide bonds. The Bertz CT molecular complexity index is 421. The number of fused-ring (bicyclic) bond motifs is 1. The lowest BCUT2D eigenvalue weighted by Gasteiger charge is -2.34. The number of piperidine rings is 1. The molecule has 110 valence electrons. The number of unbranched alkanes of at least 4 members (excludes halogenated alkanes) is 1. The standard InChI is InChI=1S/C18H28N2/c1-2-3-12-20-13-10-16(11-14-20)19-18-9-8-15-6-4-5-7-17(15)18/h4-7,16,18-19H,2-3,8-14H2,1H3. The number of nitrogens with zero attached hydrogens (tertiary/aromatic N) is 1. The average molecular weight is 272 g/mol. The number of rotatable bonds is 5. The monoisotopic (exact) mass is 272 g/mol. The van der Waals surface area contributed by atoms with E-state index in [4.69, 9.17) is 0 Å². The summed E-state index contributed by atoms with van der Waals surface area (Å²) in [6.07, 6.45) is 7.86. The number of nitrogens with one attached hydrogen (secondary N) is 1. The third-order valence-corrected chi connectivity index (χ3v) is 4.99. The SMILES string of the molecule is CCCCN1CCC(NC2CCc3ccccc32)CC1. The van der Waals surface area contributed by atoms with Gasteiger partial charge >= 0.3 is 0 Å². The van der Waals surface area contributed by atoms with Gasteiger partial charge in [0.25, 0.3) is 0 Å². The van der Waals surface area contributed by atoms with Crippen LogP contribution in [0.5, 0.6) is 0 Å². The average Bonchev–Trinajstić information content (AvgIpc) is 2.90. The van der Waals surface area contributed by atoms with Gasteiger partial charge in [-0.25, -0.2) is 0 Å². The Morgan fingerprint density at radius 3 is 2.75 bits per heavy atom. The topological polar surface area (TPSA) is 15.3 Å². The first-order chi connectivity index (χ1) is 9.86. The van der Waals surface area contributed by atoms with Crippen molar-refractivity contribution in [3.63, 3.8) is 0 Å². The largest absolute Gasteiger partial charge is 0.307 e. The molecule has 2 heteroatoms. The highest BCUT2D eigenvalue weighted by molar-refractivity contribution is 5.34. The zero-order chi connectivity index (χ0) is 13.8. The van der Waals surface area contributed by atoms with E-state index in [1.165, 1.54) is 58.2 Å². The van der Waals surface area contributed by atoms with Crippen LogP contribution in [0.3, 0.4) is 0 Å². The van der Waals surface area contributed by atoms with E-state index in [2.05, 4.69) is 41.4 Å². The van der Waals surface area contributed by atoms with Gasteiger partial charge in [-0.3, -0.25) is 0 Å². The molecule has 20 heavy (non-hydrogen) atoms. The summed E-state index contributed by atoms with van der Waals surface area (Å²) in [4.78, 5) is 2.64. The summed E-state index contributed by atoms with van der Waals surface area (Å²) >= 11 is 0. The second kappa shape index (κ2) is 6.73. The summed E-state index contributed by atoms with van der Waals surface area (Å²) in [5.74, 6) is 0. The summed E-state index contributed by atoms with van der Waals surface area (Å²) in [5, 5.41) is 3.92. The molecule has 1 unspecified atom stereocenters. The molecule has 1 fully saturated rings. The summed E-state index contributed by atoms with van der Waals surface area (Å²) in [5.41, 5.74) is 3.12. The van der Waals surface area contributed by atoms with E-state index in [1.54, 1.807) is 11.1 Å². The fourth-order valence-electron chi connectivity index (χ4n) is 3.72. The lowest BCUT2D eigenvalue weighted by molar-refractivity contribution is 0.188. The molecule has 0 saturated carbocycles. The highest BCUT2D eigenvalue weighted by atomic mass is 15.1. The third kappa shape index (κ3) is 3.24. The maximum Gasteiger partial charge on any atom is 0.0328 e. The minimum Gasteiger partial charge on any atom is -0.307 e. The van der Waals surface area contributed by atoms with Crippen molar-refractivity contribution < 1.29 is 0 Å². The molecule has 1 aromatic rings. The van der Waals surface area contributed by atoms with E-state index in [0.29, 0.717) is 6.04 Å². The molecule has 1 aliphatic heterocycles. The van der Waals surface area contributed by atoms with Gasteiger partial charge in [-0.2, -0.15) is 0 Å². The Morgan fingerprint density at radius 1 is 1.15 bits per heavy atom. The maximum atomic E-state index is 3.92. The second-order valence-corrected chi connectivity index (χ2v) is 6.43. The molecule has 0 spiro atoms. The number of aryl methyl sites for hydroxylation is 1. The molecule has 2 nitrogen and oxygen atoms in total. The van der Waals surface area contributed by atoms with Crippen LogP contribution in [0.15, 0.2) is 24.3 Å². The Morgan fingerprint density at radius 2 is 1.95 bits per heavy atom. The number of hydrogen-bond donors (Lipinski definition) is 1. The molecular formula is C18H28N2. The van der Waals surface area contributed by atoms with Gasteiger partial charge in [-0.1, -0.05) is 37.6 Å². The van der Waals surface area contributed by atoms with Crippen LogP contribution in [-0.2, 0) is 6.42 Å². The van der Waals surface area contributed by atoms with Gasteiger partial charge in [-0.05, 0) is 62.9 Å². The van der Waals surface area contributed by atoms with Crippen molar-refractivity contribution in [2.24, 2.45) is 0 Å². The van der Waals surface area contributed by atoms with Crippen LogP contribution in [0.2, 0.25) is 0 Å². The van der Waals surface area contributed by atoms with Crippen molar-refractivity contribution >= 4 is 0 Å². The summed E-state index contributed by atoms with van der Waals surface area (Å²) < 4.78 is 0. The van der Waals surface area contributed by atoms with Crippen molar-refractivity contribution in [3.8, 4) is 0 Å².